The zero-order valence-electron chi connectivity index (χ0n) is 27.6. The Kier molecular flexibility index (Phi) is 7.81. The largest absolute Gasteiger partial charge is 0.399 e. The van der Waals surface area contributed by atoms with Crippen molar-refractivity contribution in [1.82, 2.24) is 15.0 Å². The third-order valence-corrected chi connectivity index (χ3v) is 9.13. The van der Waals surface area contributed by atoms with Crippen molar-refractivity contribution in [3.05, 3.63) is 140 Å². The lowest BCUT2D eigenvalue weighted by Gasteiger charge is -2.26. The second-order valence-corrected chi connectivity index (χ2v) is 12.4. The number of hydrogen-bond donors (Lipinski definition) is 4. The molecule has 0 amide bonds. The number of fused-ring (bicyclic) bond motifs is 1. The van der Waals surface area contributed by atoms with Gasteiger partial charge in [0.2, 0.25) is 0 Å². The lowest BCUT2D eigenvalue weighted by atomic mass is 9.95. The van der Waals surface area contributed by atoms with Crippen LogP contribution in [0.25, 0.3) is 56.4 Å². The first-order valence-electron chi connectivity index (χ1n) is 16.7. The van der Waals surface area contributed by atoms with Gasteiger partial charge in [0.05, 0.1) is 11.4 Å². The van der Waals surface area contributed by atoms with E-state index in [-0.39, 0.29) is 6.17 Å². The molecule has 8 rings (SSSR count). The summed E-state index contributed by atoms with van der Waals surface area (Å²) in [6.07, 6.45) is 1.07. The number of anilines is 6. The molecule has 1 atom stereocenters. The molecule has 1 aliphatic heterocycles. The summed E-state index contributed by atoms with van der Waals surface area (Å²) in [7, 11) is 0. The lowest BCUT2D eigenvalue weighted by molar-refractivity contribution is 0.728. The van der Waals surface area contributed by atoms with Crippen molar-refractivity contribution in [1.29, 1.82) is 0 Å². The number of nitrogens with zero attached hydrogens (tertiary/aromatic N) is 4. The van der Waals surface area contributed by atoms with E-state index < -0.39 is 0 Å². The molecule has 0 bridgehead atoms. The van der Waals surface area contributed by atoms with Crippen LogP contribution in [0.4, 0.5) is 34.1 Å². The number of aromatic nitrogens is 3. The summed E-state index contributed by atoms with van der Waals surface area (Å²) in [4.78, 5) is 16.8. The minimum atomic E-state index is 0.140. The van der Waals surface area contributed by atoms with E-state index in [4.69, 9.17) is 32.2 Å². The van der Waals surface area contributed by atoms with E-state index in [1.165, 1.54) is 0 Å². The molecule has 0 radical (unpaired) electrons. The van der Waals surface area contributed by atoms with Crippen molar-refractivity contribution < 1.29 is 0 Å². The zero-order valence-corrected chi connectivity index (χ0v) is 27.6. The lowest BCUT2D eigenvalue weighted by Crippen LogP contribution is -2.30. The number of benzene rings is 6. The Balaban J connectivity index is 1.11. The highest BCUT2D eigenvalue weighted by atomic mass is 15.3. The van der Waals surface area contributed by atoms with Crippen LogP contribution < -0.4 is 27.4 Å². The molecule has 6 aromatic carbocycles. The maximum atomic E-state index is 6.58. The van der Waals surface area contributed by atoms with Crippen LogP contribution in [0.3, 0.4) is 0 Å². The molecule has 7 aromatic rings. The Morgan fingerprint density at radius 1 is 0.540 bits per heavy atom. The summed E-state index contributed by atoms with van der Waals surface area (Å²) in [6, 6.07) is 46.4. The molecule has 8 nitrogen and oxygen atoms in total. The molecular weight excluding hydrogens is 617 g/mol. The zero-order chi connectivity index (χ0) is 34.2. The van der Waals surface area contributed by atoms with E-state index >= 15 is 0 Å². The van der Waals surface area contributed by atoms with Crippen molar-refractivity contribution in [2.75, 3.05) is 27.4 Å². The van der Waals surface area contributed by atoms with Gasteiger partial charge in [-0.15, -0.1) is 0 Å². The molecule has 1 aromatic heterocycles. The summed E-state index contributed by atoms with van der Waals surface area (Å²) < 4.78 is 0. The average Bonchev–Trinajstić information content (AvgIpc) is 3.53. The van der Waals surface area contributed by atoms with E-state index in [0.717, 1.165) is 68.1 Å². The summed E-state index contributed by atoms with van der Waals surface area (Å²) >= 11 is 0. The van der Waals surface area contributed by atoms with E-state index in [1.807, 2.05) is 109 Å². The van der Waals surface area contributed by atoms with Gasteiger partial charge in [-0.3, -0.25) is 0 Å². The minimum absolute atomic E-state index is 0.140. The fraction of sp³-hybridized carbons (Fsp3) is 0.0714. The van der Waals surface area contributed by atoms with Crippen molar-refractivity contribution in [3.8, 4) is 56.4 Å². The molecule has 1 unspecified atom stereocenters. The third kappa shape index (κ3) is 5.73. The minimum Gasteiger partial charge on any atom is -0.399 e. The number of nitrogens with two attached hydrogens (primary N) is 3. The van der Waals surface area contributed by atoms with Crippen molar-refractivity contribution in [2.45, 2.75) is 19.5 Å². The van der Waals surface area contributed by atoms with Gasteiger partial charge in [0.15, 0.2) is 17.5 Å². The molecule has 2 heterocycles. The number of nitrogen functional groups attached to an aromatic ring is 3. The summed E-state index contributed by atoms with van der Waals surface area (Å²) in [5.74, 6) is 1.84. The standard InChI is InChI=1S/C42H36N8/c1-2-39-46-37-22-19-31(43)23-38(37)50(39)32-20-17-27(18-21-32)34-24-33(35(44)25-36(34)45)26-13-15-30(16-14-26)42-48-40(28-9-5-3-6-10-28)47-41(49-42)29-11-7-4-8-12-29/h3-25,39,46H,2,43-45H2,1H3. The van der Waals surface area contributed by atoms with Gasteiger partial charge in [0.1, 0.15) is 6.17 Å². The summed E-state index contributed by atoms with van der Waals surface area (Å²) in [5.41, 5.74) is 31.0. The molecule has 0 aliphatic carbocycles. The van der Waals surface area contributed by atoms with Gasteiger partial charge in [-0.25, -0.2) is 15.0 Å². The van der Waals surface area contributed by atoms with Crippen LogP contribution >= 0.6 is 0 Å². The maximum Gasteiger partial charge on any atom is 0.164 e. The molecule has 7 N–H and O–H groups in total. The fourth-order valence-electron chi connectivity index (χ4n) is 6.56. The highest BCUT2D eigenvalue weighted by Crippen LogP contribution is 2.43. The highest BCUT2D eigenvalue weighted by Gasteiger charge is 2.29. The maximum absolute atomic E-state index is 6.58. The van der Waals surface area contributed by atoms with E-state index in [0.29, 0.717) is 28.8 Å². The van der Waals surface area contributed by atoms with Gasteiger partial charge in [-0.05, 0) is 60.0 Å². The molecule has 8 heteroatoms. The van der Waals surface area contributed by atoms with Crippen molar-refractivity contribution in [2.24, 2.45) is 0 Å². The molecule has 0 saturated carbocycles. The normalized spacial score (nSPS) is 13.5. The van der Waals surface area contributed by atoms with Crippen LogP contribution in [0.5, 0.6) is 0 Å². The Morgan fingerprint density at radius 3 is 1.54 bits per heavy atom. The smallest absolute Gasteiger partial charge is 0.164 e. The molecule has 0 spiro atoms. The Morgan fingerprint density at radius 2 is 1.02 bits per heavy atom. The Labute approximate surface area is 291 Å². The quantitative estimate of drug-likeness (QED) is 0.125. The molecule has 244 valence electrons. The predicted octanol–water partition coefficient (Wildman–Crippen LogP) is 9.25. The van der Waals surface area contributed by atoms with Crippen molar-refractivity contribution >= 4 is 34.1 Å². The van der Waals surface area contributed by atoms with Gasteiger partial charge in [-0.1, -0.05) is 104 Å². The van der Waals surface area contributed by atoms with Gasteiger partial charge >= 0.3 is 0 Å². The van der Waals surface area contributed by atoms with Crippen LogP contribution in [0, 0.1) is 0 Å². The average molecular weight is 653 g/mol. The second kappa shape index (κ2) is 12.7. The van der Waals surface area contributed by atoms with E-state index in [1.54, 1.807) is 0 Å². The van der Waals surface area contributed by atoms with E-state index in [2.05, 4.69) is 47.5 Å². The highest BCUT2D eigenvalue weighted by molar-refractivity contribution is 5.90. The monoisotopic (exact) mass is 652 g/mol. The van der Waals surface area contributed by atoms with Crippen LogP contribution in [0.15, 0.2) is 140 Å². The van der Waals surface area contributed by atoms with Gasteiger partial charge in [0, 0.05) is 50.6 Å². The Hall–Kier alpha value is -6.67. The Bertz CT molecular complexity index is 2250. The van der Waals surface area contributed by atoms with E-state index in [9.17, 15) is 0 Å². The molecule has 1 aliphatic rings. The first-order valence-corrected chi connectivity index (χ1v) is 16.7. The first-order chi connectivity index (χ1) is 24.4. The number of rotatable bonds is 7. The molecular formula is C42H36N8. The summed E-state index contributed by atoms with van der Waals surface area (Å²) in [5, 5.41) is 3.61. The van der Waals surface area contributed by atoms with Crippen LogP contribution in [-0.2, 0) is 0 Å². The third-order valence-electron chi connectivity index (χ3n) is 9.13. The van der Waals surface area contributed by atoms with Crippen LogP contribution in [-0.4, -0.2) is 21.1 Å². The second-order valence-electron chi connectivity index (χ2n) is 12.4. The van der Waals surface area contributed by atoms with Gasteiger partial charge in [0.25, 0.3) is 0 Å². The molecule has 0 fully saturated rings. The van der Waals surface area contributed by atoms with Crippen LogP contribution in [0.1, 0.15) is 13.3 Å². The van der Waals surface area contributed by atoms with Gasteiger partial charge < -0.3 is 27.4 Å². The topological polar surface area (TPSA) is 132 Å². The molecule has 50 heavy (non-hydrogen) atoms. The first kappa shape index (κ1) is 30.7. The SMILES string of the molecule is CCC1Nc2ccc(N)cc2N1c1ccc(-c2cc(-c3ccc(-c4nc(-c5ccccc5)nc(-c5ccccc5)n4)cc3)c(N)cc2N)cc1. The molecule has 0 saturated heterocycles. The number of hydrogen-bond acceptors (Lipinski definition) is 8. The fourth-order valence-corrected chi connectivity index (χ4v) is 6.56. The summed E-state index contributed by atoms with van der Waals surface area (Å²) in [6.45, 7) is 2.17. The number of nitrogens with one attached hydrogen (secondary N) is 1. The van der Waals surface area contributed by atoms with Crippen molar-refractivity contribution in [3.63, 3.8) is 0 Å². The van der Waals surface area contributed by atoms with Crippen LogP contribution in [0.2, 0.25) is 0 Å². The predicted molar refractivity (Wildman–Crippen MR) is 207 cm³/mol. The van der Waals surface area contributed by atoms with Gasteiger partial charge in [-0.2, -0.15) is 0 Å².